The van der Waals surface area contributed by atoms with Crippen LogP contribution in [0.3, 0.4) is 0 Å². The molecule has 0 spiro atoms. The number of ether oxygens (including phenoxy) is 1. The van der Waals surface area contributed by atoms with Crippen molar-refractivity contribution < 1.29 is 19.1 Å². The molecule has 1 aromatic rings. The van der Waals surface area contributed by atoms with Gasteiger partial charge in [-0.1, -0.05) is 12.1 Å². The summed E-state index contributed by atoms with van der Waals surface area (Å²) >= 11 is 0. The molecule has 1 aliphatic rings. The van der Waals surface area contributed by atoms with Crippen molar-refractivity contribution in [3.05, 3.63) is 35.4 Å². The Hall–Kier alpha value is -2.57. The second kappa shape index (κ2) is 8.33. The number of carbonyl (C=O) groups excluding carboxylic acids is 3. The third kappa shape index (κ3) is 4.71. The van der Waals surface area contributed by atoms with Crippen LogP contribution in [0, 0.1) is 5.92 Å². The minimum Gasteiger partial charge on any atom is -0.466 e. The summed E-state index contributed by atoms with van der Waals surface area (Å²) < 4.78 is 5.06. The van der Waals surface area contributed by atoms with Crippen molar-refractivity contribution in [1.82, 2.24) is 10.2 Å². The van der Waals surface area contributed by atoms with Gasteiger partial charge in [0.15, 0.2) is 0 Å². The van der Waals surface area contributed by atoms with Crippen molar-refractivity contribution in [2.75, 3.05) is 19.7 Å². The normalized spacial score (nSPS) is 17.2. The Morgan fingerprint density at radius 2 is 2.00 bits per heavy atom. The lowest BCUT2D eigenvalue weighted by Crippen LogP contribution is -2.42. The number of hydrogen-bond acceptors (Lipinski definition) is 4. The summed E-state index contributed by atoms with van der Waals surface area (Å²) in [7, 11) is 0. The number of carbonyl (C=O) groups is 3. The Balaban J connectivity index is 1.97. The number of hydrogen-bond donors (Lipinski definition) is 2. The van der Waals surface area contributed by atoms with E-state index in [0.29, 0.717) is 31.8 Å². The lowest BCUT2D eigenvalue weighted by atomic mass is 9.97. The van der Waals surface area contributed by atoms with Gasteiger partial charge in [0.25, 0.3) is 5.91 Å². The Bertz CT molecular complexity index is 600. The number of nitrogens with two attached hydrogens (primary N) is 1. The number of primary amides is 1. The van der Waals surface area contributed by atoms with Gasteiger partial charge in [0.05, 0.1) is 12.5 Å². The van der Waals surface area contributed by atoms with E-state index >= 15 is 0 Å². The summed E-state index contributed by atoms with van der Waals surface area (Å²) in [4.78, 5) is 36.9. The molecule has 130 valence electrons. The Morgan fingerprint density at radius 3 is 2.62 bits per heavy atom. The molecule has 0 unspecified atom stereocenters. The molecule has 1 heterocycles. The van der Waals surface area contributed by atoms with Gasteiger partial charge in [0, 0.05) is 25.2 Å². The van der Waals surface area contributed by atoms with E-state index in [0.717, 1.165) is 18.4 Å². The van der Waals surface area contributed by atoms with Crippen molar-refractivity contribution in [3.63, 3.8) is 0 Å². The summed E-state index contributed by atoms with van der Waals surface area (Å²) in [5, 5.41) is 2.50. The zero-order chi connectivity index (χ0) is 17.5. The highest BCUT2D eigenvalue weighted by atomic mass is 16.5. The van der Waals surface area contributed by atoms with E-state index in [-0.39, 0.29) is 17.8 Å². The third-order valence-electron chi connectivity index (χ3n) is 4.00. The number of nitrogens with one attached hydrogen (secondary N) is 1. The maximum absolute atomic E-state index is 12.6. The Morgan fingerprint density at radius 1 is 1.29 bits per heavy atom. The molecule has 1 saturated heterocycles. The van der Waals surface area contributed by atoms with E-state index in [9.17, 15) is 14.4 Å². The maximum atomic E-state index is 12.6. The average molecular weight is 333 g/mol. The quantitative estimate of drug-likeness (QED) is 0.792. The number of nitrogens with zero attached hydrogens (tertiary/aromatic N) is 1. The number of piperidine rings is 1. The van der Waals surface area contributed by atoms with E-state index in [1.165, 1.54) is 0 Å². The molecule has 7 heteroatoms. The van der Waals surface area contributed by atoms with Crippen LogP contribution in [0.4, 0.5) is 4.79 Å². The number of likely N-dealkylation sites (tertiary alicyclic amines) is 1. The number of urea groups is 1. The number of rotatable bonds is 5. The minimum atomic E-state index is -0.589. The van der Waals surface area contributed by atoms with Gasteiger partial charge in [-0.3, -0.25) is 9.59 Å². The van der Waals surface area contributed by atoms with Gasteiger partial charge in [0.2, 0.25) is 0 Å². The topological polar surface area (TPSA) is 102 Å². The van der Waals surface area contributed by atoms with Crippen LogP contribution in [-0.4, -0.2) is 42.5 Å². The predicted molar refractivity (Wildman–Crippen MR) is 88.1 cm³/mol. The van der Waals surface area contributed by atoms with Gasteiger partial charge in [0.1, 0.15) is 0 Å². The zero-order valence-corrected chi connectivity index (χ0v) is 13.8. The summed E-state index contributed by atoms with van der Waals surface area (Å²) in [6, 6.07) is 6.39. The van der Waals surface area contributed by atoms with Crippen LogP contribution >= 0.6 is 0 Å². The van der Waals surface area contributed by atoms with Crippen molar-refractivity contribution >= 4 is 17.9 Å². The fourth-order valence-corrected chi connectivity index (χ4v) is 2.75. The first kappa shape index (κ1) is 17.8. The van der Waals surface area contributed by atoms with Crippen molar-refractivity contribution in [2.24, 2.45) is 11.7 Å². The number of benzene rings is 1. The predicted octanol–water partition coefficient (Wildman–Crippen LogP) is 1.27. The highest BCUT2D eigenvalue weighted by Crippen LogP contribution is 2.20. The molecule has 0 aliphatic carbocycles. The zero-order valence-electron chi connectivity index (χ0n) is 13.8. The van der Waals surface area contributed by atoms with Crippen molar-refractivity contribution in [3.8, 4) is 0 Å². The van der Waals surface area contributed by atoms with E-state index in [1.807, 2.05) is 0 Å². The second-order valence-corrected chi connectivity index (χ2v) is 5.76. The molecule has 1 fully saturated rings. The SMILES string of the molecule is CCOC(=O)[C@@H]1CCCN(C(=O)c2ccc(CNC(N)=O)cc2)C1. The van der Waals surface area contributed by atoms with Gasteiger partial charge >= 0.3 is 12.0 Å². The number of amides is 3. The van der Waals surface area contributed by atoms with Crippen LogP contribution in [0.2, 0.25) is 0 Å². The van der Waals surface area contributed by atoms with Crippen LogP contribution in [0.5, 0.6) is 0 Å². The fourth-order valence-electron chi connectivity index (χ4n) is 2.75. The molecule has 3 N–H and O–H groups in total. The van der Waals surface area contributed by atoms with E-state index in [1.54, 1.807) is 36.1 Å². The van der Waals surface area contributed by atoms with Crippen LogP contribution in [0.1, 0.15) is 35.7 Å². The minimum absolute atomic E-state index is 0.0987. The molecule has 0 bridgehead atoms. The van der Waals surface area contributed by atoms with Crippen LogP contribution < -0.4 is 11.1 Å². The summed E-state index contributed by atoms with van der Waals surface area (Å²) in [6.45, 7) is 3.48. The summed E-state index contributed by atoms with van der Waals surface area (Å²) in [6.07, 6.45) is 1.54. The van der Waals surface area contributed by atoms with Crippen LogP contribution in [0.15, 0.2) is 24.3 Å². The third-order valence-corrected chi connectivity index (χ3v) is 4.00. The molecule has 3 amide bonds. The smallest absolute Gasteiger partial charge is 0.312 e. The van der Waals surface area contributed by atoms with E-state index in [2.05, 4.69) is 5.32 Å². The van der Waals surface area contributed by atoms with Crippen LogP contribution in [-0.2, 0) is 16.1 Å². The molecule has 0 saturated carbocycles. The van der Waals surface area contributed by atoms with Crippen molar-refractivity contribution in [1.29, 1.82) is 0 Å². The molecular formula is C17H23N3O4. The van der Waals surface area contributed by atoms with Gasteiger partial charge in [-0.25, -0.2) is 4.79 Å². The molecule has 1 aliphatic heterocycles. The summed E-state index contributed by atoms with van der Waals surface area (Å²) in [5.41, 5.74) is 6.44. The molecular weight excluding hydrogens is 310 g/mol. The van der Waals surface area contributed by atoms with Crippen LogP contribution in [0.25, 0.3) is 0 Å². The summed E-state index contributed by atoms with van der Waals surface area (Å²) in [5.74, 6) is -0.581. The molecule has 1 atom stereocenters. The molecule has 0 radical (unpaired) electrons. The van der Waals surface area contributed by atoms with Crippen molar-refractivity contribution in [2.45, 2.75) is 26.3 Å². The highest BCUT2D eigenvalue weighted by Gasteiger charge is 2.29. The molecule has 1 aromatic carbocycles. The molecule has 0 aromatic heterocycles. The molecule has 2 rings (SSSR count). The lowest BCUT2D eigenvalue weighted by molar-refractivity contribution is -0.149. The van der Waals surface area contributed by atoms with Gasteiger partial charge < -0.3 is 20.7 Å². The Labute approximate surface area is 141 Å². The van der Waals surface area contributed by atoms with Gasteiger partial charge in [-0.05, 0) is 37.5 Å². The average Bonchev–Trinajstić information content (AvgIpc) is 2.60. The number of esters is 1. The Kier molecular flexibility index (Phi) is 6.17. The molecule has 24 heavy (non-hydrogen) atoms. The fraction of sp³-hybridized carbons (Fsp3) is 0.471. The van der Waals surface area contributed by atoms with E-state index < -0.39 is 6.03 Å². The largest absolute Gasteiger partial charge is 0.466 e. The van der Waals surface area contributed by atoms with E-state index in [4.69, 9.17) is 10.5 Å². The standard InChI is InChI=1S/C17H23N3O4/c1-2-24-16(22)14-4-3-9-20(11-14)15(21)13-7-5-12(6-8-13)10-19-17(18)23/h5-8,14H,2-4,9-11H2,1H3,(H3,18,19,23)/t14-/m1/s1. The second-order valence-electron chi connectivity index (χ2n) is 5.76. The highest BCUT2D eigenvalue weighted by molar-refractivity contribution is 5.94. The monoisotopic (exact) mass is 333 g/mol. The van der Waals surface area contributed by atoms with Gasteiger partial charge in [-0.15, -0.1) is 0 Å². The first-order chi connectivity index (χ1) is 11.5. The first-order valence-corrected chi connectivity index (χ1v) is 8.09. The maximum Gasteiger partial charge on any atom is 0.312 e. The molecule has 7 nitrogen and oxygen atoms in total. The lowest BCUT2D eigenvalue weighted by Gasteiger charge is -2.31. The van der Waals surface area contributed by atoms with Gasteiger partial charge in [-0.2, -0.15) is 0 Å². The first-order valence-electron chi connectivity index (χ1n) is 8.09.